The van der Waals surface area contributed by atoms with E-state index in [-0.39, 0.29) is 29.7 Å². The molecule has 0 saturated carbocycles. The number of hydrogen-bond acceptors (Lipinski definition) is 4. The lowest BCUT2D eigenvalue weighted by Crippen LogP contribution is -2.43. The first-order valence-corrected chi connectivity index (χ1v) is 10.8. The molecule has 1 N–H and O–H groups in total. The van der Waals surface area contributed by atoms with E-state index in [0.717, 1.165) is 18.4 Å². The Balaban J connectivity index is 1.47. The SMILES string of the molecule is COc1ccc(NC(=O)N2C[C@H]3CCCC(=O)N(Cc4cccc(F)c4)[C@H]3C2)cc1OC. The number of urea groups is 1. The summed E-state index contributed by atoms with van der Waals surface area (Å²) in [6, 6.07) is 11.2. The minimum atomic E-state index is -0.316. The first kappa shape index (κ1) is 21.9. The molecule has 2 saturated heterocycles. The van der Waals surface area contributed by atoms with Crippen LogP contribution in [-0.2, 0) is 11.3 Å². The van der Waals surface area contributed by atoms with E-state index in [1.54, 1.807) is 43.4 Å². The Labute approximate surface area is 187 Å². The molecule has 0 radical (unpaired) electrons. The van der Waals surface area contributed by atoms with Crippen LogP contribution in [-0.4, -0.2) is 55.1 Å². The predicted molar refractivity (Wildman–Crippen MR) is 118 cm³/mol. The normalized spacial score (nSPS) is 20.5. The minimum absolute atomic E-state index is 0.0592. The summed E-state index contributed by atoms with van der Waals surface area (Å²) in [5, 5.41) is 2.92. The van der Waals surface area contributed by atoms with Gasteiger partial charge >= 0.3 is 6.03 Å². The quantitative estimate of drug-likeness (QED) is 0.764. The predicted octanol–water partition coefficient (Wildman–Crippen LogP) is 3.89. The zero-order chi connectivity index (χ0) is 22.7. The highest BCUT2D eigenvalue weighted by Crippen LogP contribution is 2.33. The van der Waals surface area contributed by atoms with Gasteiger partial charge in [0.25, 0.3) is 0 Å². The Kier molecular flexibility index (Phi) is 6.48. The van der Waals surface area contributed by atoms with E-state index in [0.29, 0.717) is 43.2 Å². The standard InChI is InChI=1S/C24H28FN3O4/c1-31-21-10-9-19(12-22(21)32-2)26-24(30)27-14-17-6-4-8-23(29)28(20(17)15-27)13-16-5-3-7-18(25)11-16/h3,5,7,9-12,17,20H,4,6,8,13-15H2,1-2H3,(H,26,30)/t17-,20+/m1/s1. The largest absolute Gasteiger partial charge is 0.493 e. The highest BCUT2D eigenvalue weighted by atomic mass is 19.1. The van der Waals surface area contributed by atoms with Crippen molar-refractivity contribution < 1.29 is 23.5 Å². The van der Waals surface area contributed by atoms with Crippen LogP contribution < -0.4 is 14.8 Å². The molecule has 2 atom stereocenters. The second kappa shape index (κ2) is 9.46. The van der Waals surface area contributed by atoms with Crippen LogP contribution in [0.1, 0.15) is 24.8 Å². The van der Waals surface area contributed by atoms with Gasteiger partial charge in [0.1, 0.15) is 5.82 Å². The molecule has 2 aromatic rings. The lowest BCUT2D eigenvalue weighted by molar-refractivity contribution is -0.133. The van der Waals surface area contributed by atoms with E-state index in [9.17, 15) is 14.0 Å². The Morgan fingerprint density at radius 3 is 2.69 bits per heavy atom. The highest BCUT2D eigenvalue weighted by molar-refractivity contribution is 5.90. The smallest absolute Gasteiger partial charge is 0.321 e. The summed E-state index contributed by atoms with van der Waals surface area (Å²) in [7, 11) is 3.10. The van der Waals surface area contributed by atoms with Gasteiger partial charge in [0, 0.05) is 37.8 Å². The van der Waals surface area contributed by atoms with Crippen LogP contribution in [0.5, 0.6) is 11.5 Å². The van der Waals surface area contributed by atoms with Crippen molar-refractivity contribution in [3.05, 3.63) is 53.8 Å². The number of amides is 3. The van der Waals surface area contributed by atoms with Crippen LogP contribution in [0.4, 0.5) is 14.9 Å². The average molecular weight is 442 g/mol. The fourth-order valence-electron chi connectivity index (χ4n) is 4.65. The number of rotatable bonds is 5. The summed E-state index contributed by atoms with van der Waals surface area (Å²) >= 11 is 0. The summed E-state index contributed by atoms with van der Waals surface area (Å²) in [5.74, 6) is 1.06. The number of anilines is 1. The van der Waals surface area contributed by atoms with Crippen molar-refractivity contribution in [3.8, 4) is 11.5 Å². The van der Waals surface area contributed by atoms with E-state index >= 15 is 0 Å². The number of benzene rings is 2. The molecule has 0 bridgehead atoms. The number of hydrogen-bond donors (Lipinski definition) is 1. The third kappa shape index (κ3) is 4.64. The van der Waals surface area contributed by atoms with Crippen LogP contribution in [0, 0.1) is 11.7 Å². The molecule has 0 aliphatic carbocycles. The monoisotopic (exact) mass is 441 g/mol. The summed E-state index contributed by atoms with van der Waals surface area (Å²) in [6.45, 7) is 1.38. The number of carbonyl (C=O) groups is 2. The molecule has 3 amide bonds. The first-order valence-electron chi connectivity index (χ1n) is 10.8. The third-order valence-corrected chi connectivity index (χ3v) is 6.26. The Morgan fingerprint density at radius 1 is 1.12 bits per heavy atom. The number of ether oxygens (including phenoxy) is 2. The lowest BCUT2D eigenvalue weighted by atomic mass is 9.98. The fraction of sp³-hybridized carbons (Fsp3) is 0.417. The van der Waals surface area contributed by atoms with Crippen molar-refractivity contribution in [1.82, 2.24) is 9.80 Å². The lowest BCUT2D eigenvalue weighted by Gasteiger charge is -2.30. The van der Waals surface area contributed by atoms with Crippen LogP contribution in [0.2, 0.25) is 0 Å². The second-order valence-electron chi connectivity index (χ2n) is 8.28. The minimum Gasteiger partial charge on any atom is -0.493 e. The van der Waals surface area contributed by atoms with Gasteiger partial charge in [-0.25, -0.2) is 9.18 Å². The molecule has 7 nitrogen and oxygen atoms in total. The molecule has 2 heterocycles. The Hall–Kier alpha value is -3.29. The molecule has 0 aromatic heterocycles. The maximum absolute atomic E-state index is 13.7. The second-order valence-corrected chi connectivity index (χ2v) is 8.28. The molecular formula is C24H28FN3O4. The number of halogens is 1. The number of likely N-dealkylation sites (tertiary alicyclic amines) is 2. The van der Waals surface area contributed by atoms with E-state index in [1.165, 1.54) is 12.1 Å². The molecule has 4 rings (SSSR count). The van der Waals surface area contributed by atoms with Crippen LogP contribution in [0.15, 0.2) is 42.5 Å². The molecule has 2 aliphatic heterocycles. The molecule has 2 aromatic carbocycles. The van der Waals surface area contributed by atoms with Crippen LogP contribution in [0.3, 0.4) is 0 Å². The molecule has 0 spiro atoms. The van der Waals surface area contributed by atoms with Crippen molar-refractivity contribution in [3.63, 3.8) is 0 Å². The molecule has 0 unspecified atom stereocenters. The summed E-state index contributed by atoms with van der Waals surface area (Å²) in [5.41, 5.74) is 1.36. The molecule has 2 fully saturated rings. The number of nitrogens with one attached hydrogen (secondary N) is 1. The number of methoxy groups -OCH3 is 2. The maximum atomic E-state index is 13.7. The summed E-state index contributed by atoms with van der Waals surface area (Å²) in [6.07, 6.45) is 2.17. The van der Waals surface area contributed by atoms with Crippen molar-refractivity contribution >= 4 is 17.6 Å². The molecular weight excluding hydrogens is 413 g/mol. The van der Waals surface area contributed by atoms with Gasteiger partial charge in [-0.2, -0.15) is 0 Å². The van der Waals surface area contributed by atoms with Gasteiger partial charge in [0.05, 0.1) is 20.3 Å². The van der Waals surface area contributed by atoms with Crippen molar-refractivity contribution in [2.75, 3.05) is 32.6 Å². The van der Waals surface area contributed by atoms with Crippen LogP contribution in [0.25, 0.3) is 0 Å². The highest BCUT2D eigenvalue weighted by Gasteiger charge is 2.41. The summed E-state index contributed by atoms with van der Waals surface area (Å²) in [4.78, 5) is 29.4. The third-order valence-electron chi connectivity index (χ3n) is 6.26. The zero-order valence-corrected chi connectivity index (χ0v) is 18.3. The fourth-order valence-corrected chi connectivity index (χ4v) is 4.65. The Morgan fingerprint density at radius 2 is 1.94 bits per heavy atom. The van der Waals surface area contributed by atoms with Crippen LogP contribution >= 0.6 is 0 Å². The van der Waals surface area contributed by atoms with Crippen molar-refractivity contribution in [2.24, 2.45) is 5.92 Å². The zero-order valence-electron chi connectivity index (χ0n) is 18.3. The summed E-state index contributed by atoms with van der Waals surface area (Å²) < 4.78 is 24.2. The molecule has 2 aliphatic rings. The topological polar surface area (TPSA) is 71.1 Å². The van der Waals surface area contributed by atoms with E-state index < -0.39 is 0 Å². The van der Waals surface area contributed by atoms with Gasteiger partial charge in [-0.1, -0.05) is 12.1 Å². The molecule has 170 valence electrons. The molecule has 8 heteroatoms. The van der Waals surface area contributed by atoms with Gasteiger partial charge in [-0.15, -0.1) is 0 Å². The van der Waals surface area contributed by atoms with Gasteiger partial charge in [0.2, 0.25) is 5.91 Å². The number of nitrogens with zero attached hydrogens (tertiary/aromatic N) is 2. The van der Waals surface area contributed by atoms with Gasteiger partial charge in [-0.05, 0) is 48.6 Å². The average Bonchev–Trinajstić information content (AvgIpc) is 3.15. The van der Waals surface area contributed by atoms with Gasteiger partial charge in [0.15, 0.2) is 11.5 Å². The number of fused-ring (bicyclic) bond motifs is 1. The van der Waals surface area contributed by atoms with Gasteiger partial charge in [-0.3, -0.25) is 4.79 Å². The number of carbonyl (C=O) groups excluding carboxylic acids is 2. The first-order chi connectivity index (χ1) is 15.5. The van der Waals surface area contributed by atoms with Crippen molar-refractivity contribution in [2.45, 2.75) is 31.8 Å². The van der Waals surface area contributed by atoms with E-state index in [2.05, 4.69) is 5.32 Å². The molecule has 32 heavy (non-hydrogen) atoms. The van der Waals surface area contributed by atoms with Crippen molar-refractivity contribution in [1.29, 1.82) is 0 Å². The van der Waals surface area contributed by atoms with E-state index in [4.69, 9.17) is 9.47 Å². The van der Waals surface area contributed by atoms with Gasteiger partial charge < -0.3 is 24.6 Å². The maximum Gasteiger partial charge on any atom is 0.321 e. The Bertz CT molecular complexity index is 999. The van der Waals surface area contributed by atoms with E-state index in [1.807, 2.05) is 11.0 Å².